The van der Waals surface area contributed by atoms with Crippen LogP contribution >= 0.6 is 0 Å². The van der Waals surface area contributed by atoms with Crippen LogP contribution < -0.4 is 9.64 Å². The van der Waals surface area contributed by atoms with Gasteiger partial charge in [-0.1, -0.05) is 12.2 Å². The van der Waals surface area contributed by atoms with E-state index in [1.807, 2.05) is 13.0 Å². The lowest BCUT2D eigenvalue weighted by Gasteiger charge is -2.23. The maximum Gasteiger partial charge on any atom is 0.128 e. The number of rotatable bonds is 6. The Morgan fingerprint density at radius 1 is 1.22 bits per heavy atom. The van der Waals surface area contributed by atoms with Gasteiger partial charge in [0.2, 0.25) is 0 Å². The van der Waals surface area contributed by atoms with Gasteiger partial charge < -0.3 is 9.64 Å². The minimum absolute atomic E-state index is 0.195. The Morgan fingerprint density at radius 3 is 2.39 bits per heavy atom. The fourth-order valence-corrected chi connectivity index (χ4v) is 1.98. The van der Waals surface area contributed by atoms with Crippen LogP contribution in [0, 0.1) is 0 Å². The zero-order chi connectivity index (χ0) is 13.5. The second-order valence-electron chi connectivity index (χ2n) is 4.56. The van der Waals surface area contributed by atoms with Crippen LogP contribution in [0.4, 0.5) is 5.69 Å². The highest BCUT2D eigenvalue weighted by Crippen LogP contribution is 2.27. The van der Waals surface area contributed by atoms with Gasteiger partial charge in [-0.3, -0.25) is 0 Å². The van der Waals surface area contributed by atoms with Gasteiger partial charge in [-0.2, -0.15) is 0 Å². The topological polar surface area (TPSA) is 12.5 Å². The first kappa shape index (κ1) is 14.6. The molecule has 0 unspecified atom stereocenters. The fourth-order valence-electron chi connectivity index (χ4n) is 1.98. The smallest absolute Gasteiger partial charge is 0.128 e. The van der Waals surface area contributed by atoms with E-state index < -0.39 is 0 Å². The van der Waals surface area contributed by atoms with E-state index in [0.717, 1.165) is 24.4 Å². The standard InChI is InChI=1S/C16H25NO/c1-6-9-14-10-11-15(17(7-2)8-3)12-16(14)18-13(4)5/h6,9-13H,7-8H2,1-5H3. The number of benzene rings is 1. The molecule has 100 valence electrons. The van der Waals surface area contributed by atoms with Crippen LogP contribution in [0.15, 0.2) is 24.3 Å². The summed E-state index contributed by atoms with van der Waals surface area (Å²) in [6, 6.07) is 6.43. The number of allylic oxidation sites excluding steroid dienone is 1. The van der Waals surface area contributed by atoms with Crippen LogP contribution in [0.1, 0.15) is 40.2 Å². The molecule has 18 heavy (non-hydrogen) atoms. The minimum atomic E-state index is 0.195. The van der Waals surface area contributed by atoms with Gasteiger partial charge in [-0.15, -0.1) is 0 Å². The predicted octanol–water partition coefficient (Wildman–Crippen LogP) is 4.35. The lowest BCUT2D eigenvalue weighted by molar-refractivity contribution is 0.242. The van der Waals surface area contributed by atoms with Crippen molar-refractivity contribution in [2.75, 3.05) is 18.0 Å². The average Bonchev–Trinajstić information content (AvgIpc) is 2.33. The molecule has 0 N–H and O–H groups in total. The minimum Gasteiger partial charge on any atom is -0.490 e. The van der Waals surface area contributed by atoms with Gasteiger partial charge in [0.15, 0.2) is 0 Å². The largest absolute Gasteiger partial charge is 0.490 e. The summed E-state index contributed by atoms with van der Waals surface area (Å²) in [6.07, 6.45) is 4.32. The van der Waals surface area contributed by atoms with Crippen molar-refractivity contribution < 1.29 is 4.74 Å². The van der Waals surface area contributed by atoms with Crippen LogP contribution in [-0.4, -0.2) is 19.2 Å². The molecule has 0 radical (unpaired) electrons. The third-order valence-electron chi connectivity index (χ3n) is 2.83. The summed E-state index contributed by atoms with van der Waals surface area (Å²) in [7, 11) is 0. The van der Waals surface area contributed by atoms with Crippen molar-refractivity contribution in [1.29, 1.82) is 0 Å². The number of hydrogen-bond acceptors (Lipinski definition) is 2. The number of hydrogen-bond donors (Lipinski definition) is 0. The molecule has 1 rings (SSSR count). The van der Waals surface area contributed by atoms with Crippen molar-refractivity contribution in [2.24, 2.45) is 0 Å². The van der Waals surface area contributed by atoms with Crippen LogP contribution in [-0.2, 0) is 0 Å². The summed E-state index contributed by atoms with van der Waals surface area (Å²) >= 11 is 0. The van der Waals surface area contributed by atoms with Crippen molar-refractivity contribution in [2.45, 2.75) is 40.7 Å². The van der Waals surface area contributed by atoms with E-state index in [4.69, 9.17) is 4.74 Å². The zero-order valence-corrected chi connectivity index (χ0v) is 12.2. The van der Waals surface area contributed by atoms with Gasteiger partial charge >= 0.3 is 0 Å². The van der Waals surface area contributed by atoms with Crippen molar-refractivity contribution in [3.05, 3.63) is 29.8 Å². The zero-order valence-electron chi connectivity index (χ0n) is 12.2. The van der Waals surface area contributed by atoms with E-state index in [0.29, 0.717) is 0 Å². The quantitative estimate of drug-likeness (QED) is 0.741. The highest BCUT2D eigenvalue weighted by atomic mass is 16.5. The molecule has 0 aliphatic rings. The Bertz CT molecular complexity index is 392. The van der Waals surface area contributed by atoms with Gasteiger partial charge in [-0.05, 0) is 46.8 Å². The molecule has 0 aliphatic heterocycles. The second kappa shape index (κ2) is 7.10. The summed E-state index contributed by atoms with van der Waals surface area (Å²) in [5.41, 5.74) is 2.37. The highest BCUT2D eigenvalue weighted by Gasteiger charge is 2.08. The molecule has 0 saturated carbocycles. The third kappa shape index (κ3) is 3.80. The van der Waals surface area contributed by atoms with Gasteiger partial charge in [0.25, 0.3) is 0 Å². The van der Waals surface area contributed by atoms with Gasteiger partial charge in [0.1, 0.15) is 5.75 Å². The molecular formula is C16H25NO. The SMILES string of the molecule is CC=Cc1ccc(N(CC)CC)cc1OC(C)C. The van der Waals surface area contributed by atoms with Crippen molar-refractivity contribution in [3.63, 3.8) is 0 Å². The number of anilines is 1. The first-order valence-electron chi connectivity index (χ1n) is 6.80. The Morgan fingerprint density at radius 2 is 1.89 bits per heavy atom. The summed E-state index contributed by atoms with van der Waals surface area (Å²) in [4.78, 5) is 2.33. The monoisotopic (exact) mass is 247 g/mol. The molecular weight excluding hydrogens is 222 g/mol. The van der Waals surface area contributed by atoms with E-state index >= 15 is 0 Å². The van der Waals surface area contributed by atoms with E-state index in [-0.39, 0.29) is 6.10 Å². The molecule has 0 aromatic heterocycles. The molecule has 1 aromatic carbocycles. The van der Waals surface area contributed by atoms with Crippen LogP contribution in [0.3, 0.4) is 0 Å². The molecule has 0 bridgehead atoms. The average molecular weight is 247 g/mol. The molecule has 1 aromatic rings. The molecule has 2 heteroatoms. The normalized spacial score (nSPS) is 11.2. The molecule has 0 saturated heterocycles. The van der Waals surface area contributed by atoms with Crippen molar-refractivity contribution >= 4 is 11.8 Å². The molecule has 2 nitrogen and oxygen atoms in total. The van der Waals surface area contributed by atoms with Crippen molar-refractivity contribution in [1.82, 2.24) is 0 Å². The van der Waals surface area contributed by atoms with Gasteiger partial charge in [0, 0.05) is 30.4 Å². The molecule has 0 aliphatic carbocycles. The van der Waals surface area contributed by atoms with E-state index in [2.05, 4.69) is 56.9 Å². The summed E-state index contributed by atoms with van der Waals surface area (Å²) < 4.78 is 5.90. The molecule has 0 atom stereocenters. The fraction of sp³-hybridized carbons (Fsp3) is 0.500. The Kier molecular flexibility index (Phi) is 5.76. The second-order valence-corrected chi connectivity index (χ2v) is 4.56. The van der Waals surface area contributed by atoms with Crippen LogP contribution in [0.2, 0.25) is 0 Å². The summed E-state index contributed by atoms with van der Waals surface area (Å²) in [5, 5.41) is 0. The molecule has 0 spiro atoms. The maximum absolute atomic E-state index is 5.90. The first-order chi connectivity index (χ1) is 8.62. The van der Waals surface area contributed by atoms with Gasteiger partial charge in [-0.25, -0.2) is 0 Å². The number of nitrogens with zero attached hydrogens (tertiary/aromatic N) is 1. The molecule has 0 heterocycles. The lowest BCUT2D eigenvalue weighted by Crippen LogP contribution is -2.21. The highest BCUT2D eigenvalue weighted by molar-refractivity contribution is 5.63. The maximum atomic E-state index is 5.90. The Labute approximate surface area is 111 Å². The third-order valence-corrected chi connectivity index (χ3v) is 2.83. The van der Waals surface area contributed by atoms with Crippen molar-refractivity contribution in [3.8, 4) is 5.75 Å². The van der Waals surface area contributed by atoms with E-state index in [1.54, 1.807) is 0 Å². The van der Waals surface area contributed by atoms with Crippen LogP contribution in [0.25, 0.3) is 6.08 Å². The predicted molar refractivity (Wildman–Crippen MR) is 80.5 cm³/mol. The summed E-state index contributed by atoms with van der Waals surface area (Å²) in [5.74, 6) is 0.965. The van der Waals surface area contributed by atoms with Gasteiger partial charge in [0.05, 0.1) is 6.10 Å². The molecule has 0 amide bonds. The Hall–Kier alpha value is -1.44. The molecule has 0 fully saturated rings. The summed E-state index contributed by atoms with van der Waals surface area (Å²) in [6.45, 7) is 12.5. The van der Waals surface area contributed by atoms with E-state index in [9.17, 15) is 0 Å². The van der Waals surface area contributed by atoms with E-state index in [1.165, 1.54) is 5.69 Å². The lowest BCUT2D eigenvalue weighted by atomic mass is 10.1. The Balaban J connectivity index is 3.11. The first-order valence-corrected chi connectivity index (χ1v) is 6.80. The van der Waals surface area contributed by atoms with Crippen LogP contribution in [0.5, 0.6) is 5.75 Å². The number of ether oxygens (including phenoxy) is 1.